The highest BCUT2D eigenvalue weighted by Gasteiger charge is 2.30. The molecule has 1 aliphatic rings. The topological polar surface area (TPSA) is 29.5 Å². The Kier molecular flexibility index (Phi) is 2.81. The molecule has 0 spiro atoms. The van der Waals surface area contributed by atoms with Crippen molar-refractivity contribution in [3.63, 3.8) is 0 Å². The molecule has 0 heterocycles. The summed E-state index contributed by atoms with van der Waals surface area (Å²) in [5.74, 6) is 0.970. The second kappa shape index (κ2) is 3.54. The van der Waals surface area contributed by atoms with E-state index >= 15 is 0 Å². The van der Waals surface area contributed by atoms with Gasteiger partial charge >= 0.3 is 0 Å². The van der Waals surface area contributed by atoms with Crippen LogP contribution in [-0.2, 0) is 4.74 Å². The summed E-state index contributed by atoms with van der Waals surface area (Å²) in [6.45, 7) is 6.34. The van der Waals surface area contributed by atoms with Crippen LogP contribution in [0.15, 0.2) is 24.0 Å². The van der Waals surface area contributed by atoms with Crippen molar-refractivity contribution in [1.29, 1.82) is 0 Å². The van der Waals surface area contributed by atoms with E-state index in [1.165, 1.54) is 0 Å². The third-order valence-electron chi connectivity index (χ3n) is 2.41. The molecule has 0 bridgehead atoms. The summed E-state index contributed by atoms with van der Waals surface area (Å²) in [6.07, 6.45) is 5.20. The van der Waals surface area contributed by atoms with Gasteiger partial charge in [-0.3, -0.25) is 0 Å². The van der Waals surface area contributed by atoms with Gasteiger partial charge in [-0.15, -0.1) is 0 Å². The van der Waals surface area contributed by atoms with Crippen LogP contribution in [0.5, 0.6) is 0 Å². The SMILES string of the molecule is COC1=CC(C(C)(C)C)C(O)C=C1. The molecule has 13 heavy (non-hydrogen) atoms. The lowest BCUT2D eigenvalue weighted by molar-refractivity contribution is 0.101. The van der Waals surface area contributed by atoms with Crippen LogP contribution >= 0.6 is 0 Å². The maximum absolute atomic E-state index is 9.73. The van der Waals surface area contributed by atoms with Gasteiger partial charge in [-0.25, -0.2) is 0 Å². The van der Waals surface area contributed by atoms with E-state index in [0.717, 1.165) is 5.76 Å². The summed E-state index contributed by atoms with van der Waals surface area (Å²) in [5, 5.41) is 9.73. The zero-order chi connectivity index (χ0) is 10.1. The average Bonchev–Trinajstić information content (AvgIpc) is 2.03. The van der Waals surface area contributed by atoms with Gasteiger partial charge in [-0.2, -0.15) is 0 Å². The van der Waals surface area contributed by atoms with Gasteiger partial charge in [-0.1, -0.05) is 26.8 Å². The van der Waals surface area contributed by atoms with Gasteiger partial charge in [0.2, 0.25) is 0 Å². The lowest BCUT2D eigenvalue weighted by Gasteiger charge is -2.33. The Morgan fingerprint density at radius 1 is 1.38 bits per heavy atom. The third kappa shape index (κ3) is 2.34. The molecule has 0 aromatic carbocycles. The first-order valence-corrected chi connectivity index (χ1v) is 4.57. The summed E-state index contributed by atoms with van der Waals surface area (Å²) in [4.78, 5) is 0. The van der Waals surface area contributed by atoms with E-state index in [9.17, 15) is 5.11 Å². The Hall–Kier alpha value is -0.760. The molecule has 0 saturated carbocycles. The molecule has 0 radical (unpaired) electrons. The van der Waals surface area contributed by atoms with Crippen LogP contribution in [0, 0.1) is 11.3 Å². The third-order valence-corrected chi connectivity index (χ3v) is 2.41. The molecule has 2 atom stereocenters. The van der Waals surface area contributed by atoms with Gasteiger partial charge in [-0.05, 0) is 17.6 Å². The van der Waals surface area contributed by atoms with Crippen molar-refractivity contribution in [1.82, 2.24) is 0 Å². The summed E-state index contributed by atoms with van der Waals surface area (Å²) in [5.41, 5.74) is 0.0634. The molecule has 1 rings (SSSR count). The number of aliphatic hydroxyl groups is 1. The first kappa shape index (κ1) is 10.3. The first-order valence-electron chi connectivity index (χ1n) is 4.57. The van der Waals surface area contributed by atoms with Crippen molar-refractivity contribution < 1.29 is 9.84 Å². The molecule has 0 fully saturated rings. The molecular formula is C11H18O2. The molecule has 2 nitrogen and oxygen atoms in total. The summed E-state index contributed by atoms with van der Waals surface area (Å²) in [7, 11) is 1.65. The molecular weight excluding hydrogens is 164 g/mol. The number of rotatable bonds is 1. The van der Waals surface area contributed by atoms with Crippen molar-refractivity contribution in [2.45, 2.75) is 26.9 Å². The van der Waals surface area contributed by atoms with Crippen LogP contribution in [0.4, 0.5) is 0 Å². The van der Waals surface area contributed by atoms with Gasteiger partial charge in [0.1, 0.15) is 5.76 Å². The fourth-order valence-corrected chi connectivity index (χ4v) is 1.54. The summed E-state index contributed by atoms with van der Waals surface area (Å²) < 4.78 is 5.13. The average molecular weight is 182 g/mol. The lowest BCUT2D eigenvalue weighted by Crippen LogP contribution is -2.31. The Bertz CT molecular complexity index is 233. The van der Waals surface area contributed by atoms with Crippen molar-refractivity contribution in [3.05, 3.63) is 24.0 Å². The van der Waals surface area contributed by atoms with Gasteiger partial charge in [0.25, 0.3) is 0 Å². The normalized spacial score (nSPS) is 28.5. The highest BCUT2D eigenvalue weighted by Crippen LogP contribution is 2.33. The standard InChI is InChI=1S/C11H18O2/c1-11(2,3)9-7-8(13-4)5-6-10(9)12/h5-7,9-10,12H,1-4H3. The van der Waals surface area contributed by atoms with Gasteiger partial charge in [0, 0.05) is 5.92 Å². The van der Waals surface area contributed by atoms with Crippen LogP contribution in [0.2, 0.25) is 0 Å². The number of methoxy groups -OCH3 is 1. The molecule has 0 aliphatic heterocycles. The molecule has 0 aromatic rings. The van der Waals surface area contributed by atoms with E-state index in [2.05, 4.69) is 20.8 Å². The highest BCUT2D eigenvalue weighted by molar-refractivity contribution is 5.22. The minimum Gasteiger partial charge on any atom is -0.497 e. The molecule has 0 aromatic heterocycles. The predicted molar refractivity (Wildman–Crippen MR) is 53.2 cm³/mol. The molecule has 2 unspecified atom stereocenters. The van der Waals surface area contributed by atoms with E-state index < -0.39 is 0 Å². The van der Waals surface area contributed by atoms with Gasteiger partial charge < -0.3 is 9.84 Å². The summed E-state index contributed by atoms with van der Waals surface area (Å²) >= 11 is 0. The van der Waals surface area contributed by atoms with Gasteiger partial charge in [0.05, 0.1) is 13.2 Å². The van der Waals surface area contributed by atoms with Crippen LogP contribution < -0.4 is 0 Å². The van der Waals surface area contributed by atoms with Crippen molar-refractivity contribution in [3.8, 4) is 0 Å². The first-order chi connectivity index (χ1) is 5.95. The van der Waals surface area contributed by atoms with E-state index in [1.54, 1.807) is 13.2 Å². The minimum atomic E-state index is -0.390. The minimum absolute atomic E-state index is 0.0634. The number of hydrogen-bond donors (Lipinski definition) is 1. The van der Waals surface area contributed by atoms with E-state index in [-0.39, 0.29) is 17.4 Å². The highest BCUT2D eigenvalue weighted by atomic mass is 16.5. The second-order valence-electron chi connectivity index (χ2n) is 4.51. The molecule has 1 aliphatic carbocycles. The van der Waals surface area contributed by atoms with Crippen LogP contribution in [0.25, 0.3) is 0 Å². The fourth-order valence-electron chi connectivity index (χ4n) is 1.54. The lowest BCUT2D eigenvalue weighted by atomic mass is 9.75. The Morgan fingerprint density at radius 3 is 2.46 bits per heavy atom. The zero-order valence-corrected chi connectivity index (χ0v) is 8.74. The molecule has 0 saturated heterocycles. The number of allylic oxidation sites excluding steroid dienone is 1. The zero-order valence-electron chi connectivity index (χ0n) is 8.74. The quantitative estimate of drug-likeness (QED) is 0.673. The molecule has 1 N–H and O–H groups in total. The van der Waals surface area contributed by atoms with Crippen molar-refractivity contribution >= 4 is 0 Å². The van der Waals surface area contributed by atoms with E-state index in [1.807, 2.05) is 12.2 Å². The molecule has 74 valence electrons. The Morgan fingerprint density at radius 2 is 2.00 bits per heavy atom. The van der Waals surface area contributed by atoms with Crippen molar-refractivity contribution in [2.24, 2.45) is 11.3 Å². The Balaban J connectivity index is 2.86. The summed E-state index contributed by atoms with van der Waals surface area (Å²) in [6, 6.07) is 0. The maximum Gasteiger partial charge on any atom is 0.115 e. The van der Waals surface area contributed by atoms with E-state index in [4.69, 9.17) is 4.74 Å². The smallest absolute Gasteiger partial charge is 0.115 e. The number of hydrogen-bond acceptors (Lipinski definition) is 2. The van der Waals surface area contributed by atoms with E-state index in [0.29, 0.717) is 0 Å². The molecule has 2 heteroatoms. The Labute approximate surface area is 79.9 Å². The monoisotopic (exact) mass is 182 g/mol. The number of aliphatic hydroxyl groups excluding tert-OH is 1. The van der Waals surface area contributed by atoms with Crippen LogP contribution in [-0.4, -0.2) is 18.3 Å². The van der Waals surface area contributed by atoms with Gasteiger partial charge in [0.15, 0.2) is 0 Å². The largest absolute Gasteiger partial charge is 0.497 e. The maximum atomic E-state index is 9.73. The van der Waals surface area contributed by atoms with Crippen LogP contribution in [0.3, 0.4) is 0 Å². The molecule has 0 amide bonds. The number of ether oxygens (including phenoxy) is 1. The predicted octanol–water partition coefficient (Wildman–Crippen LogP) is 2.11. The second-order valence-corrected chi connectivity index (χ2v) is 4.51. The van der Waals surface area contributed by atoms with Crippen LogP contribution in [0.1, 0.15) is 20.8 Å². The fraction of sp³-hybridized carbons (Fsp3) is 0.636. The van der Waals surface area contributed by atoms with Crippen molar-refractivity contribution in [2.75, 3.05) is 7.11 Å².